The molecule has 1 aromatic rings. The Kier molecular flexibility index (Phi) is 4.75. The van der Waals surface area contributed by atoms with Gasteiger partial charge < -0.3 is 9.64 Å². The summed E-state index contributed by atoms with van der Waals surface area (Å²) in [6.07, 6.45) is 0. The van der Waals surface area contributed by atoms with E-state index < -0.39 is 11.2 Å². The first-order chi connectivity index (χ1) is 7.95. The van der Waals surface area contributed by atoms with Crippen LogP contribution in [0.5, 0.6) is 5.75 Å². The number of ether oxygens (including phenoxy) is 1. The van der Waals surface area contributed by atoms with Gasteiger partial charge in [0.1, 0.15) is 5.38 Å². The minimum Gasteiger partial charge on any atom is -0.494 e. The molecule has 17 heavy (non-hydrogen) atoms. The summed E-state index contributed by atoms with van der Waals surface area (Å²) >= 11 is 5.68. The maximum atomic E-state index is 13.4. The van der Waals surface area contributed by atoms with E-state index in [9.17, 15) is 9.18 Å². The Morgan fingerprint density at radius 3 is 2.71 bits per heavy atom. The molecule has 0 heterocycles. The SMILES string of the molecule is COc1ccc(CN(C)C(=O)[C@@H](C)Cl)cc1F. The van der Waals surface area contributed by atoms with Crippen molar-refractivity contribution in [3.8, 4) is 5.75 Å². The average molecular weight is 260 g/mol. The molecule has 0 aliphatic rings. The Morgan fingerprint density at radius 1 is 1.59 bits per heavy atom. The molecule has 1 atom stereocenters. The molecule has 0 saturated heterocycles. The molecule has 94 valence electrons. The molecule has 0 aliphatic carbocycles. The highest BCUT2D eigenvalue weighted by Crippen LogP contribution is 2.18. The minimum atomic E-state index is -0.580. The second-order valence-electron chi connectivity index (χ2n) is 3.78. The van der Waals surface area contributed by atoms with Gasteiger partial charge in [-0.3, -0.25) is 4.79 Å². The highest BCUT2D eigenvalue weighted by molar-refractivity contribution is 6.30. The number of rotatable bonds is 4. The molecule has 0 unspecified atom stereocenters. The Balaban J connectivity index is 2.75. The number of hydrogen-bond acceptors (Lipinski definition) is 2. The first kappa shape index (κ1) is 13.8. The lowest BCUT2D eigenvalue weighted by Crippen LogP contribution is -2.31. The van der Waals surface area contributed by atoms with Gasteiger partial charge in [0.15, 0.2) is 11.6 Å². The van der Waals surface area contributed by atoms with Crippen molar-refractivity contribution in [2.45, 2.75) is 18.8 Å². The number of amides is 1. The summed E-state index contributed by atoms with van der Waals surface area (Å²) in [5.41, 5.74) is 0.691. The average Bonchev–Trinajstić information content (AvgIpc) is 2.28. The lowest BCUT2D eigenvalue weighted by molar-refractivity contribution is -0.129. The minimum absolute atomic E-state index is 0.188. The number of hydrogen-bond donors (Lipinski definition) is 0. The van der Waals surface area contributed by atoms with Gasteiger partial charge in [-0.25, -0.2) is 4.39 Å². The van der Waals surface area contributed by atoms with E-state index in [4.69, 9.17) is 16.3 Å². The quantitative estimate of drug-likeness (QED) is 0.778. The molecule has 0 radical (unpaired) electrons. The fourth-order valence-corrected chi connectivity index (χ4v) is 1.63. The van der Waals surface area contributed by atoms with Crippen molar-refractivity contribution in [2.75, 3.05) is 14.2 Å². The first-order valence-corrected chi connectivity index (χ1v) is 5.60. The van der Waals surface area contributed by atoms with Crippen molar-refractivity contribution < 1.29 is 13.9 Å². The smallest absolute Gasteiger partial charge is 0.240 e. The molecule has 0 bridgehead atoms. The number of carbonyl (C=O) groups is 1. The molecule has 1 aromatic carbocycles. The summed E-state index contributed by atoms with van der Waals surface area (Å²) in [7, 11) is 3.03. The molecule has 1 rings (SSSR count). The zero-order valence-electron chi connectivity index (χ0n) is 10.0. The second-order valence-corrected chi connectivity index (χ2v) is 4.43. The highest BCUT2D eigenvalue weighted by atomic mass is 35.5. The van der Waals surface area contributed by atoms with E-state index in [2.05, 4.69) is 0 Å². The molecule has 0 spiro atoms. The van der Waals surface area contributed by atoms with Crippen LogP contribution in [0.25, 0.3) is 0 Å². The van der Waals surface area contributed by atoms with Gasteiger partial charge in [-0.15, -0.1) is 11.6 Å². The van der Waals surface area contributed by atoms with Gasteiger partial charge in [-0.1, -0.05) is 6.07 Å². The van der Waals surface area contributed by atoms with E-state index in [1.54, 1.807) is 20.0 Å². The van der Waals surface area contributed by atoms with E-state index in [0.717, 1.165) is 0 Å². The number of carbonyl (C=O) groups excluding carboxylic acids is 1. The number of nitrogens with zero attached hydrogens (tertiary/aromatic N) is 1. The van der Waals surface area contributed by atoms with Gasteiger partial charge in [0.25, 0.3) is 0 Å². The van der Waals surface area contributed by atoms with Crippen molar-refractivity contribution in [3.63, 3.8) is 0 Å². The predicted octanol–water partition coefficient (Wildman–Crippen LogP) is 2.42. The summed E-state index contributed by atoms with van der Waals surface area (Å²) < 4.78 is 18.2. The number of alkyl halides is 1. The standard InChI is InChI=1S/C12H15ClFNO2/c1-8(13)12(16)15(2)7-9-4-5-11(17-3)10(14)6-9/h4-6,8H,7H2,1-3H3/t8-/m1/s1. The number of methoxy groups -OCH3 is 1. The van der Waals surface area contributed by atoms with Crippen LogP contribution in [0.1, 0.15) is 12.5 Å². The molecule has 0 fully saturated rings. The lowest BCUT2D eigenvalue weighted by Gasteiger charge is -2.18. The maximum Gasteiger partial charge on any atom is 0.240 e. The fourth-order valence-electron chi connectivity index (χ4n) is 1.46. The molecule has 1 amide bonds. The van der Waals surface area contributed by atoms with Crippen LogP contribution in [-0.2, 0) is 11.3 Å². The topological polar surface area (TPSA) is 29.5 Å². The molecule has 0 saturated carbocycles. The fraction of sp³-hybridized carbons (Fsp3) is 0.417. The predicted molar refractivity (Wildman–Crippen MR) is 64.7 cm³/mol. The Bertz CT molecular complexity index is 409. The first-order valence-electron chi connectivity index (χ1n) is 5.17. The Hall–Kier alpha value is -1.29. The van der Waals surface area contributed by atoms with Gasteiger partial charge >= 0.3 is 0 Å². The molecule has 0 aliphatic heterocycles. The monoisotopic (exact) mass is 259 g/mol. The van der Waals surface area contributed by atoms with Gasteiger partial charge in [0.05, 0.1) is 7.11 Å². The summed E-state index contributed by atoms with van der Waals surface area (Å²) in [5, 5.41) is -0.580. The van der Waals surface area contributed by atoms with E-state index in [0.29, 0.717) is 12.1 Å². The van der Waals surface area contributed by atoms with Gasteiger partial charge in [0, 0.05) is 13.6 Å². The van der Waals surface area contributed by atoms with Crippen LogP contribution in [0.3, 0.4) is 0 Å². The van der Waals surface area contributed by atoms with Crippen LogP contribution in [0.15, 0.2) is 18.2 Å². The Morgan fingerprint density at radius 2 is 2.24 bits per heavy atom. The number of halogens is 2. The largest absolute Gasteiger partial charge is 0.494 e. The molecular formula is C12H15ClFNO2. The van der Waals surface area contributed by atoms with Crippen LogP contribution >= 0.6 is 11.6 Å². The zero-order chi connectivity index (χ0) is 13.0. The summed E-state index contributed by atoms with van der Waals surface area (Å²) in [4.78, 5) is 13.0. The lowest BCUT2D eigenvalue weighted by atomic mass is 10.2. The van der Waals surface area contributed by atoms with E-state index in [1.165, 1.54) is 24.1 Å². The van der Waals surface area contributed by atoms with Crippen LogP contribution < -0.4 is 4.74 Å². The summed E-state index contributed by atoms with van der Waals surface area (Å²) in [6.45, 7) is 1.92. The molecule has 0 N–H and O–H groups in total. The molecule has 5 heteroatoms. The van der Waals surface area contributed by atoms with Gasteiger partial charge in [-0.05, 0) is 24.6 Å². The van der Waals surface area contributed by atoms with Crippen molar-refractivity contribution in [1.82, 2.24) is 4.90 Å². The highest BCUT2D eigenvalue weighted by Gasteiger charge is 2.15. The third-order valence-electron chi connectivity index (χ3n) is 2.35. The molecule has 0 aromatic heterocycles. The van der Waals surface area contributed by atoms with Crippen molar-refractivity contribution in [2.24, 2.45) is 0 Å². The molecular weight excluding hydrogens is 245 g/mol. The van der Waals surface area contributed by atoms with Crippen LogP contribution in [-0.4, -0.2) is 30.3 Å². The maximum absolute atomic E-state index is 13.4. The van der Waals surface area contributed by atoms with Crippen molar-refractivity contribution in [3.05, 3.63) is 29.6 Å². The molecule has 3 nitrogen and oxygen atoms in total. The third-order valence-corrected chi connectivity index (χ3v) is 2.54. The van der Waals surface area contributed by atoms with Crippen molar-refractivity contribution in [1.29, 1.82) is 0 Å². The third kappa shape index (κ3) is 3.60. The second kappa shape index (κ2) is 5.87. The van der Waals surface area contributed by atoms with E-state index in [1.807, 2.05) is 0 Å². The normalized spacial score (nSPS) is 12.1. The zero-order valence-corrected chi connectivity index (χ0v) is 10.8. The Labute approximate surface area is 105 Å². The van der Waals surface area contributed by atoms with Crippen LogP contribution in [0, 0.1) is 5.82 Å². The van der Waals surface area contributed by atoms with Gasteiger partial charge in [-0.2, -0.15) is 0 Å². The number of benzene rings is 1. The van der Waals surface area contributed by atoms with E-state index >= 15 is 0 Å². The summed E-state index contributed by atoms with van der Waals surface area (Å²) in [6, 6.07) is 4.60. The summed E-state index contributed by atoms with van der Waals surface area (Å²) in [5.74, 6) is -0.443. The van der Waals surface area contributed by atoms with Crippen LogP contribution in [0.4, 0.5) is 4.39 Å². The van der Waals surface area contributed by atoms with E-state index in [-0.39, 0.29) is 11.7 Å². The van der Waals surface area contributed by atoms with Crippen molar-refractivity contribution >= 4 is 17.5 Å². The van der Waals surface area contributed by atoms with Gasteiger partial charge in [0.2, 0.25) is 5.91 Å². The van der Waals surface area contributed by atoms with Crippen LogP contribution in [0.2, 0.25) is 0 Å².